The number of hydrogen-bond donors (Lipinski definition) is 1. The summed E-state index contributed by atoms with van der Waals surface area (Å²) >= 11 is 1.26. The summed E-state index contributed by atoms with van der Waals surface area (Å²) in [6.07, 6.45) is 0.757. The number of hydrogen-bond acceptors (Lipinski definition) is 5. The molecular weight excluding hydrogens is 264 g/mol. The van der Waals surface area contributed by atoms with Crippen molar-refractivity contribution in [2.24, 2.45) is 0 Å². The highest BCUT2D eigenvalue weighted by molar-refractivity contribution is 7.17. The van der Waals surface area contributed by atoms with Gasteiger partial charge in [-0.3, -0.25) is 0 Å². The Balaban J connectivity index is 2.29. The highest BCUT2D eigenvalue weighted by Crippen LogP contribution is 2.31. The lowest BCUT2D eigenvalue weighted by atomic mass is 10.1. The van der Waals surface area contributed by atoms with Crippen LogP contribution in [0.25, 0.3) is 0 Å². The Morgan fingerprint density at radius 1 is 1.63 bits per heavy atom. The van der Waals surface area contributed by atoms with E-state index in [1.165, 1.54) is 11.3 Å². The molecule has 0 amide bonds. The number of nitrogens with zero attached hydrogens (tertiary/aromatic N) is 2. The summed E-state index contributed by atoms with van der Waals surface area (Å²) in [6, 6.07) is 0. The van der Waals surface area contributed by atoms with Crippen molar-refractivity contribution in [1.29, 1.82) is 0 Å². The standard InChI is InChI=1S/C13H20N2O3S/c1-5-9-10(11(16)17)19-12(14-9)15-6-8(2)18-13(3,4)7-15/h8H,5-7H2,1-4H3,(H,16,17). The predicted octanol–water partition coefficient (Wildman–Crippen LogP) is 2.41. The molecule has 1 aliphatic rings. The van der Waals surface area contributed by atoms with Crippen molar-refractivity contribution in [2.75, 3.05) is 18.0 Å². The molecule has 0 radical (unpaired) electrons. The monoisotopic (exact) mass is 284 g/mol. The van der Waals surface area contributed by atoms with Gasteiger partial charge in [0.1, 0.15) is 4.88 Å². The van der Waals surface area contributed by atoms with E-state index >= 15 is 0 Å². The van der Waals surface area contributed by atoms with E-state index in [0.717, 1.165) is 18.2 Å². The summed E-state index contributed by atoms with van der Waals surface area (Å²) in [6.45, 7) is 9.52. The molecule has 1 unspecified atom stereocenters. The van der Waals surface area contributed by atoms with E-state index in [2.05, 4.69) is 9.88 Å². The predicted molar refractivity (Wildman–Crippen MR) is 75.3 cm³/mol. The van der Waals surface area contributed by atoms with Crippen LogP contribution >= 0.6 is 11.3 Å². The Hall–Kier alpha value is -1.14. The highest BCUT2D eigenvalue weighted by atomic mass is 32.1. The molecule has 0 aliphatic carbocycles. The van der Waals surface area contributed by atoms with Crippen LogP contribution in [0.1, 0.15) is 43.1 Å². The third-order valence-corrected chi connectivity index (χ3v) is 4.20. The van der Waals surface area contributed by atoms with Gasteiger partial charge in [-0.05, 0) is 27.2 Å². The second kappa shape index (κ2) is 5.09. The minimum atomic E-state index is -0.888. The molecule has 1 N–H and O–H groups in total. The molecule has 1 aromatic heterocycles. The van der Waals surface area contributed by atoms with Crippen LogP contribution in [0.4, 0.5) is 5.13 Å². The maximum Gasteiger partial charge on any atom is 0.347 e. The molecule has 2 heterocycles. The minimum Gasteiger partial charge on any atom is -0.477 e. The SMILES string of the molecule is CCc1nc(N2CC(C)OC(C)(C)C2)sc1C(=O)O. The van der Waals surface area contributed by atoms with Crippen LogP contribution in [0.15, 0.2) is 0 Å². The van der Waals surface area contributed by atoms with Gasteiger partial charge in [-0.25, -0.2) is 9.78 Å². The molecule has 6 heteroatoms. The van der Waals surface area contributed by atoms with E-state index in [1.54, 1.807) is 0 Å². The number of carboxylic acid groups (broad SMARTS) is 1. The van der Waals surface area contributed by atoms with E-state index in [4.69, 9.17) is 4.74 Å². The normalized spacial score (nSPS) is 22.5. The molecule has 1 fully saturated rings. The number of ether oxygens (including phenoxy) is 1. The number of aromatic carboxylic acids is 1. The lowest BCUT2D eigenvalue weighted by molar-refractivity contribution is -0.0749. The number of morpholine rings is 1. The zero-order valence-electron chi connectivity index (χ0n) is 11.8. The maximum atomic E-state index is 11.2. The summed E-state index contributed by atoms with van der Waals surface area (Å²) in [5, 5.41) is 9.98. The van der Waals surface area contributed by atoms with Crippen LogP contribution in [0.5, 0.6) is 0 Å². The van der Waals surface area contributed by atoms with Crippen molar-refractivity contribution in [3.63, 3.8) is 0 Å². The van der Waals surface area contributed by atoms with Crippen molar-refractivity contribution in [3.05, 3.63) is 10.6 Å². The first-order valence-electron chi connectivity index (χ1n) is 6.48. The molecular formula is C13H20N2O3S. The van der Waals surface area contributed by atoms with E-state index < -0.39 is 5.97 Å². The molecule has 106 valence electrons. The van der Waals surface area contributed by atoms with Gasteiger partial charge < -0.3 is 14.7 Å². The smallest absolute Gasteiger partial charge is 0.347 e. The van der Waals surface area contributed by atoms with E-state index in [1.807, 2.05) is 27.7 Å². The third-order valence-electron chi connectivity index (χ3n) is 3.06. The summed E-state index contributed by atoms with van der Waals surface area (Å²) < 4.78 is 5.86. The second-order valence-electron chi connectivity index (χ2n) is 5.50. The minimum absolute atomic E-state index is 0.117. The van der Waals surface area contributed by atoms with Crippen LogP contribution in [0.3, 0.4) is 0 Å². The summed E-state index contributed by atoms with van der Waals surface area (Å²) in [4.78, 5) is 18.2. The zero-order valence-corrected chi connectivity index (χ0v) is 12.6. The summed E-state index contributed by atoms with van der Waals surface area (Å²) in [5.74, 6) is -0.888. The number of aromatic nitrogens is 1. The first-order valence-corrected chi connectivity index (χ1v) is 7.30. The highest BCUT2D eigenvalue weighted by Gasteiger charge is 2.33. The molecule has 1 atom stereocenters. The Morgan fingerprint density at radius 3 is 2.79 bits per heavy atom. The molecule has 0 saturated carbocycles. The van der Waals surface area contributed by atoms with E-state index in [0.29, 0.717) is 17.0 Å². The fourth-order valence-electron chi connectivity index (χ4n) is 2.48. The van der Waals surface area contributed by atoms with Crippen LogP contribution in [0.2, 0.25) is 0 Å². The average molecular weight is 284 g/mol. The van der Waals surface area contributed by atoms with Gasteiger partial charge >= 0.3 is 5.97 Å². The Labute approximate surface area is 117 Å². The fraction of sp³-hybridized carbons (Fsp3) is 0.692. The van der Waals surface area contributed by atoms with E-state index in [-0.39, 0.29) is 11.7 Å². The lowest BCUT2D eigenvalue weighted by Gasteiger charge is -2.41. The quantitative estimate of drug-likeness (QED) is 0.923. The topological polar surface area (TPSA) is 62.7 Å². The second-order valence-corrected chi connectivity index (χ2v) is 6.48. The molecule has 0 spiro atoms. The van der Waals surface area contributed by atoms with Crippen LogP contribution in [-0.4, -0.2) is 40.9 Å². The van der Waals surface area contributed by atoms with Gasteiger partial charge in [-0.15, -0.1) is 0 Å². The van der Waals surface area contributed by atoms with E-state index in [9.17, 15) is 9.90 Å². The van der Waals surface area contributed by atoms with Crippen molar-refractivity contribution in [1.82, 2.24) is 4.98 Å². The van der Waals surface area contributed by atoms with Crippen molar-refractivity contribution < 1.29 is 14.6 Å². The van der Waals surface area contributed by atoms with Crippen LogP contribution in [-0.2, 0) is 11.2 Å². The largest absolute Gasteiger partial charge is 0.477 e. The molecule has 19 heavy (non-hydrogen) atoms. The van der Waals surface area contributed by atoms with Gasteiger partial charge in [-0.2, -0.15) is 0 Å². The zero-order chi connectivity index (χ0) is 14.2. The fourth-order valence-corrected chi connectivity index (χ4v) is 3.48. The average Bonchev–Trinajstić information content (AvgIpc) is 2.70. The Kier molecular flexibility index (Phi) is 3.82. The number of carboxylic acids is 1. The van der Waals surface area contributed by atoms with Gasteiger partial charge in [-0.1, -0.05) is 18.3 Å². The first-order chi connectivity index (χ1) is 8.82. The molecule has 1 saturated heterocycles. The maximum absolute atomic E-state index is 11.2. The molecule has 0 bridgehead atoms. The van der Waals surface area contributed by atoms with Gasteiger partial charge in [0.25, 0.3) is 0 Å². The molecule has 5 nitrogen and oxygen atoms in total. The Morgan fingerprint density at radius 2 is 2.32 bits per heavy atom. The van der Waals surface area contributed by atoms with Crippen molar-refractivity contribution in [2.45, 2.75) is 45.8 Å². The molecule has 0 aromatic carbocycles. The van der Waals surface area contributed by atoms with Gasteiger partial charge in [0.05, 0.1) is 17.4 Å². The van der Waals surface area contributed by atoms with Crippen molar-refractivity contribution >= 4 is 22.4 Å². The first kappa shape index (κ1) is 14.3. The third kappa shape index (κ3) is 3.06. The molecule has 1 aromatic rings. The van der Waals surface area contributed by atoms with Crippen LogP contribution in [0, 0.1) is 0 Å². The molecule has 2 rings (SSSR count). The summed E-state index contributed by atoms with van der Waals surface area (Å²) in [7, 11) is 0. The number of thiazole rings is 1. The van der Waals surface area contributed by atoms with Crippen molar-refractivity contribution in [3.8, 4) is 0 Å². The molecule has 1 aliphatic heterocycles. The summed E-state index contributed by atoms with van der Waals surface area (Å²) in [5.41, 5.74) is 0.434. The van der Waals surface area contributed by atoms with Crippen LogP contribution < -0.4 is 4.90 Å². The van der Waals surface area contributed by atoms with Gasteiger partial charge in [0.15, 0.2) is 5.13 Å². The number of carbonyl (C=O) groups is 1. The Bertz CT molecular complexity index is 484. The lowest BCUT2D eigenvalue weighted by Crippen LogP contribution is -2.52. The van der Waals surface area contributed by atoms with Gasteiger partial charge in [0, 0.05) is 13.1 Å². The number of rotatable bonds is 3. The van der Waals surface area contributed by atoms with Gasteiger partial charge in [0.2, 0.25) is 0 Å². The number of aryl methyl sites for hydroxylation is 1. The number of anilines is 1.